The van der Waals surface area contributed by atoms with Crippen LogP contribution in [0.5, 0.6) is 0 Å². The van der Waals surface area contributed by atoms with Gasteiger partial charge in [-0.1, -0.05) is 40.2 Å². The first-order valence-electron chi connectivity index (χ1n) is 8.88. The maximum Gasteiger partial charge on any atom is 0.321 e. The van der Waals surface area contributed by atoms with Gasteiger partial charge in [-0.25, -0.2) is 0 Å². The van der Waals surface area contributed by atoms with Gasteiger partial charge in [0.15, 0.2) is 11.2 Å². The number of amides is 2. The maximum absolute atomic E-state index is 12.6. The Balaban J connectivity index is 1.84. The second-order valence-corrected chi connectivity index (χ2v) is 7.77. The summed E-state index contributed by atoms with van der Waals surface area (Å²) in [6, 6.07) is 12.2. The third kappa shape index (κ3) is 3.76. The second kappa shape index (κ2) is 8.19. The SMILES string of the molecule is O=C(CC(CCN1C(=O)c2ccccc2C1=O)(C(=O)O)C(=O)O)c1ccc(Br)cc1. The van der Waals surface area contributed by atoms with E-state index in [4.69, 9.17) is 0 Å². The number of carboxylic acids is 2. The molecule has 0 aliphatic carbocycles. The number of Topliss-reactive ketones (excluding diaryl/α,β-unsaturated/α-hetero) is 1. The fourth-order valence-electron chi connectivity index (χ4n) is 3.30. The fraction of sp³-hybridized carbons (Fsp3) is 0.190. The summed E-state index contributed by atoms with van der Waals surface area (Å²) < 4.78 is 0.701. The number of carbonyl (C=O) groups excluding carboxylic acids is 3. The highest BCUT2D eigenvalue weighted by atomic mass is 79.9. The normalized spacial score (nSPS) is 13.3. The van der Waals surface area contributed by atoms with Gasteiger partial charge in [0, 0.05) is 23.0 Å². The van der Waals surface area contributed by atoms with E-state index in [1.54, 1.807) is 24.3 Å². The van der Waals surface area contributed by atoms with E-state index in [0.717, 1.165) is 4.90 Å². The van der Waals surface area contributed by atoms with E-state index in [1.807, 2.05) is 0 Å². The Labute approximate surface area is 179 Å². The zero-order valence-corrected chi connectivity index (χ0v) is 17.1. The van der Waals surface area contributed by atoms with Crippen LogP contribution in [0, 0.1) is 5.41 Å². The molecule has 30 heavy (non-hydrogen) atoms. The molecule has 0 radical (unpaired) electrons. The van der Waals surface area contributed by atoms with Crippen LogP contribution in [0.2, 0.25) is 0 Å². The molecule has 2 aromatic carbocycles. The summed E-state index contributed by atoms with van der Waals surface area (Å²) >= 11 is 3.22. The number of imide groups is 1. The number of benzene rings is 2. The van der Waals surface area contributed by atoms with Crippen molar-refractivity contribution in [3.8, 4) is 0 Å². The predicted octanol–water partition coefficient (Wildman–Crippen LogP) is 2.86. The van der Waals surface area contributed by atoms with Gasteiger partial charge in [0.1, 0.15) is 0 Å². The van der Waals surface area contributed by atoms with Crippen LogP contribution in [0.1, 0.15) is 43.9 Å². The summed E-state index contributed by atoms with van der Waals surface area (Å²) in [6.45, 7) is -0.446. The van der Waals surface area contributed by atoms with Gasteiger partial charge in [0.25, 0.3) is 11.8 Å². The van der Waals surface area contributed by atoms with Crippen LogP contribution in [0.4, 0.5) is 0 Å². The summed E-state index contributed by atoms with van der Waals surface area (Å²) in [5.41, 5.74) is -1.99. The molecule has 1 aliphatic heterocycles. The second-order valence-electron chi connectivity index (χ2n) is 6.86. The first kappa shape index (κ1) is 21.4. The van der Waals surface area contributed by atoms with Crippen molar-refractivity contribution in [1.29, 1.82) is 0 Å². The molecule has 3 rings (SSSR count). The van der Waals surface area contributed by atoms with Gasteiger partial charge >= 0.3 is 11.9 Å². The molecule has 1 aliphatic rings. The molecule has 2 aromatic rings. The summed E-state index contributed by atoms with van der Waals surface area (Å²) in [7, 11) is 0. The lowest BCUT2D eigenvalue weighted by Gasteiger charge is -2.26. The molecule has 0 atom stereocenters. The van der Waals surface area contributed by atoms with Crippen molar-refractivity contribution in [2.45, 2.75) is 12.8 Å². The van der Waals surface area contributed by atoms with Crippen LogP contribution in [-0.4, -0.2) is 51.2 Å². The average molecular weight is 474 g/mol. The van der Waals surface area contributed by atoms with E-state index in [1.165, 1.54) is 24.3 Å². The number of nitrogens with zero attached hydrogens (tertiary/aromatic N) is 1. The number of carboxylic acid groups (broad SMARTS) is 2. The minimum absolute atomic E-state index is 0.158. The van der Waals surface area contributed by atoms with E-state index in [2.05, 4.69) is 15.9 Å². The van der Waals surface area contributed by atoms with Crippen molar-refractivity contribution < 1.29 is 34.2 Å². The van der Waals surface area contributed by atoms with Gasteiger partial charge < -0.3 is 10.2 Å². The molecule has 0 saturated carbocycles. The van der Waals surface area contributed by atoms with Gasteiger partial charge in [-0.15, -0.1) is 0 Å². The Bertz CT molecular complexity index is 1010. The lowest BCUT2D eigenvalue weighted by molar-refractivity contribution is -0.165. The summed E-state index contributed by atoms with van der Waals surface area (Å²) in [5, 5.41) is 19.4. The monoisotopic (exact) mass is 473 g/mol. The number of hydrogen-bond donors (Lipinski definition) is 2. The standard InChI is InChI=1S/C21H16BrNO7/c22-13-7-5-12(6-8-13)16(24)11-21(19(27)28,20(29)30)9-10-23-17(25)14-3-1-2-4-15(14)18(23)26/h1-8H,9-11H2,(H,27,28)(H,29,30). The van der Waals surface area contributed by atoms with Gasteiger partial charge in [-0.3, -0.25) is 28.9 Å². The average Bonchev–Trinajstić information content (AvgIpc) is 2.95. The number of hydrogen-bond acceptors (Lipinski definition) is 5. The van der Waals surface area contributed by atoms with Crippen molar-refractivity contribution >= 4 is 45.5 Å². The number of carbonyl (C=O) groups is 5. The molecule has 0 saturated heterocycles. The molecule has 2 N–H and O–H groups in total. The highest BCUT2D eigenvalue weighted by Crippen LogP contribution is 2.32. The Kier molecular flexibility index (Phi) is 5.84. The first-order chi connectivity index (χ1) is 14.2. The molecule has 0 spiro atoms. The van der Waals surface area contributed by atoms with E-state index < -0.39 is 54.3 Å². The van der Waals surface area contributed by atoms with Crippen LogP contribution >= 0.6 is 15.9 Å². The molecule has 2 amide bonds. The lowest BCUT2D eigenvalue weighted by Crippen LogP contribution is -2.45. The molecule has 8 nitrogen and oxygen atoms in total. The van der Waals surface area contributed by atoms with Crippen LogP contribution in [0.15, 0.2) is 53.0 Å². The Hall–Kier alpha value is -3.33. The van der Waals surface area contributed by atoms with Gasteiger partial charge in [0.05, 0.1) is 11.1 Å². The van der Waals surface area contributed by atoms with Gasteiger partial charge in [0.2, 0.25) is 0 Å². The summed E-state index contributed by atoms with van der Waals surface area (Å²) in [6.07, 6.45) is -1.42. The molecule has 0 fully saturated rings. The largest absolute Gasteiger partial charge is 0.480 e. The predicted molar refractivity (Wildman–Crippen MR) is 107 cm³/mol. The quantitative estimate of drug-likeness (QED) is 0.342. The molecule has 154 valence electrons. The molecule has 1 heterocycles. The maximum atomic E-state index is 12.6. The zero-order chi connectivity index (χ0) is 22.1. The molecule has 9 heteroatoms. The van der Waals surface area contributed by atoms with Crippen molar-refractivity contribution in [3.05, 3.63) is 69.7 Å². The number of rotatable bonds is 8. The van der Waals surface area contributed by atoms with E-state index in [9.17, 15) is 34.2 Å². The molecule has 0 aromatic heterocycles. The van der Waals surface area contributed by atoms with Crippen LogP contribution in [-0.2, 0) is 9.59 Å². The lowest BCUT2D eigenvalue weighted by atomic mass is 9.78. The first-order valence-corrected chi connectivity index (χ1v) is 9.67. The minimum atomic E-state index is -2.49. The van der Waals surface area contributed by atoms with Gasteiger partial charge in [-0.05, 0) is 30.7 Å². The molecule has 0 bridgehead atoms. The van der Waals surface area contributed by atoms with E-state index in [0.29, 0.717) is 4.47 Å². The van der Waals surface area contributed by atoms with Crippen molar-refractivity contribution in [3.63, 3.8) is 0 Å². The summed E-state index contributed by atoms with van der Waals surface area (Å²) in [4.78, 5) is 62.2. The minimum Gasteiger partial charge on any atom is -0.480 e. The third-order valence-electron chi connectivity index (χ3n) is 5.09. The highest BCUT2D eigenvalue weighted by molar-refractivity contribution is 9.10. The van der Waals surface area contributed by atoms with E-state index >= 15 is 0 Å². The van der Waals surface area contributed by atoms with Crippen molar-refractivity contribution in [2.24, 2.45) is 5.41 Å². The molecular formula is C21H16BrNO7. The Morgan fingerprint density at radius 3 is 1.83 bits per heavy atom. The third-order valence-corrected chi connectivity index (χ3v) is 5.62. The van der Waals surface area contributed by atoms with Crippen LogP contribution < -0.4 is 0 Å². The fourth-order valence-corrected chi connectivity index (χ4v) is 3.57. The number of aliphatic carboxylic acids is 2. The zero-order valence-electron chi connectivity index (χ0n) is 15.5. The topological polar surface area (TPSA) is 129 Å². The number of fused-ring (bicyclic) bond motifs is 1. The number of ketones is 1. The van der Waals surface area contributed by atoms with E-state index in [-0.39, 0.29) is 16.7 Å². The highest BCUT2D eigenvalue weighted by Gasteiger charge is 2.49. The van der Waals surface area contributed by atoms with Crippen molar-refractivity contribution in [2.75, 3.05) is 6.54 Å². The Morgan fingerprint density at radius 1 is 0.867 bits per heavy atom. The summed E-state index contributed by atoms with van der Waals surface area (Å²) in [5.74, 6) is -5.34. The molecule has 0 unspecified atom stereocenters. The smallest absolute Gasteiger partial charge is 0.321 e. The van der Waals surface area contributed by atoms with Crippen molar-refractivity contribution in [1.82, 2.24) is 4.90 Å². The Morgan fingerprint density at radius 2 is 1.37 bits per heavy atom. The van der Waals surface area contributed by atoms with Crippen LogP contribution in [0.3, 0.4) is 0 Å². The van der Waals surface area contributed by atoms with Crippen LogP contribution in [0.25, 0.3) is 0 Å². The van der Waals surface area contributed by atoms with Gasteiger partial charge in [-0.2, -0.15) is 0 Å². The number of halogens is 1. The molecular weight excluding hydrogens is 458 g/mol.